The summed E-state index contributed by atoms with van der Waals surface area (Å²) in [5.41, 5.74) is 10.8. The summed E-state index contributed by atoms with van der Waals surface area (Å²) in [5.74, 6) is 0.686. The van der Waals surface area contributed by atoms with Crippen molar-refractivity contribution in [1.29, 1.82) is 0 Å². The van der Waals surface area contributed by atoms with E-state index in [0.717, 1.165) is 18.4 Å². The number of ether oxygens (including phenoxy) is 1. The van der Waals surface area contributed by atoms with Crippen molar-refractivity contribution in [1.82, 2.24) is 0 Å². The topological polar surface area (TPSA) is 52.3 Å². The van der Waals surface area contributed by atoms with Gasteiger partial charge in [-0.25, -0.2) is 0 Å². The Labute approximate surface area is 124 Å². The molecule has 0 bridgehead atoms. The molecular formula is C18H19NO2. The number of rotatable bonds is 4. The van der Waals surface area contributed by atoms with Crippen molar-refractivity contribution < 1.29 is 9.53 Å². The molecule has 3 rings (SSSR count). The first-order valence-electron chi connectivity index (χ1n) is 7.25. The summed E-state index contributed by atoms with van der Waals surface area (Å²) in [6, 6.07) is 11.6. The van der Waals surface area contributed by atoms with Crippen LogP contribution in [0.5, 0.6) is 5.75 Å². The molecule has 0 aromatic heterocycles. The third-order valence-corrected chi connectivity index (χ3v) is 4.09. The molecule has 1 aliphatic rings. The summed E-state index contributed by atoms with van der Waals surface area (Å²) in [5, 5.41) is 0. The minimum Gasteiger partial charge on any atom is -0.497 e. The second kappa shape index (κ2) is 5.60. The zero-order chi connectivity index (χ0) is 14.8. The van der Waals surface area contributed by atoms with Gasteiger partial charge in [-0.05, 0) is 54.2 Å². The molecule has 0 atom stereocenters. The Morgan fingerprint density at radius 2 is 1.95 bits per heavy atom. The Balaban J connectivity index is 1.83. The molecule has 3 heteroatoms. The van der Waals surface area contributed by atoms with E-state index in [1.165, 1.54) is 17.5 Å². The fraction of sp³-hybridized carbons (Fsp3) is 0.278. The first-order valence-corrected chi connectivity index (χ1v) is 7.25. The zero-order valence-corrected chi connectivity index (χ0v) is 12.2. The second-order valence-corrected chi connectivity index (χ2v) is 5.51. The number of ketones is 1. The number of nitrogens with two attached hydrogens (primary N) is 1. The molecule has 0 amide bonds. The lowest BCUT2D eigenvalue weighted by Crippen LogP contribution is -2.07. The number of carbonyl (C=O) groups is 1. The minimum absolute atomic E-state index is 0.0318. The SMILES string of the molecule is COc1ccc(N)c(C(=O)Cc2ccc3c(c2)CCC3)c1. The highest BCUT2D eigenvalue weighted by molar-refractivity contribution is 6.02. The third-order valence-electron chi connectivity index (χ3n) is 4.09. The van der Waals surface area contributed by atoms with Gasteiger partial charge in [-0.15, -0.1) is 0 Å². The summed E-state index contributed by atoms with van der Waals surface area (Å²) < 4.78 is 5.16. The maximum absolute atomic E-state index is 12.5. The van der Waals surface area contributed by atoms with Gasteiger partial charge in [-0.1, -0.05) is 18.2 Å². The van der Waals surface area contributed by atoms with E-state index in [-0.39, 0.29) is 5.78 Å². The number of fused-ring (bicyclic) bond motifs is 1. The lowest BCUT2D eigenvalue weighted by Gasteiger charge is -2.08. The van der Waals surface area contributed by atoms with Gasteiger partial charge in [0.25, 0.3) is 0 Å². The van der Waals surface area contributed by atoms with Gasteiger partial charge in [0.2, 0.25) is 0 Å². The summed E-state index contributed by atoms with van der Waals surface area (Å²) in [6.07, 6.45) is 3.88. The van der Waals surface area contributed by atoms with Crippen LogP contribution in [0.3, 0.4) is 0 Å². The molecule has 2 aromatic carbocycles. The van der Waals surface area contributed by atoms with Gasteiger partial charge in [0, 0.05) is 17.7 Å². The second-order valence-electron chi connectivity index (χ2n) is 5.51. The van der Waals surface area contributed by atoms with Crippen molar-refractivity contribution in [3.05, 3.63) is 58.7 Å². The normalized spacial score (nSPS) is 13.0. The molecule has 0 spiro atoms. The molecule has 0 heterocycles. The van der Waals surface area contributed by atoms with Crippen molar-refractivity contribution in [2.75, 3.05) is 12.8 Å². The monoisotopic (exact) mass is 281 g/mol. The van der Waals surface area contributed by atoms with Crippen LogP contribution in [0.25, 0.3) is 0 Å². The predicted octanol–water partition coefficient (Wildman–Crippen LogP) is 3.19. The molecule has 0 fully saturated rings. The van der Waals surface area contributed by atoms with Gasteiger partial charge in [0.1, 0.15) is 5.75 Å². The molecule has 2 N–H and O–H groups in total. The lowest BCUT2D eigenvalue weighted by molar-refractivity contribution is 0.0993. The number of nitrogen functional groups attached to an aromatic ring is 1. The number of anilines is 1. The van der Waals surface area contributed by atoms with E-state index >= 15 is 0 Å². The van der Waals surface area contributed by atoms with Crippen molar-refractivity contribution >= 4 is 11.5 Å². The predicted molar refractivity (Wildman–Crippen MR) is 83.9 cm³/mol. The van der Waals surface area contributed by atoms with E-state index in [0.29, 0.717) is 23.4 Å². The highest BCUT2D eigenvalue weighted by Gasteiger charge is 2.15. The average molecular weight is 281 g/mol. The number of hydrogen-bond donors (Lipinski definition) is 1. The van der Waals surface area contributed by atoms with Crippen LogP contribution in [-0.4, -0.2) is 12.9 Å². The number of carbonyl (C=O) groups excluding carboxylic acids is 1. The molecule has 1 aliphatic carbocycles. The molecule has 0 radical (unpaired) electrons. The van der Waals surface area contributed by atoms with E-state index in [1.54, 1.807) is 25.3 Å². The lowest BCUT2D eigenvalue weighted by atomic mass is 9.98. The quantitative estimate of drug-likeness (QED) is 0.691. The number of aryl methyl sites for hydroxylation is 2. The Kier molecular flexibility index (Phi) is 3.65. The Hall–Kier alpha value is -2.29. The maximum atomic E-state index is 12.5. The molecule has 0 unspecified atom stereocenters. The molecule has 0 saturated heterocycles. The van der Waals surface area contributed by atoms with Crippen LogP contribution < -0.4 is 10.5 Å². The molecular weight excluding hydrogens is 262 g/mol. The smallest absolute Gasteiger partial charge is 0.169 e. The summed E-state index contributed by atoms with van der Waals surface area (Å²) >= 11 is 0. The highest BCUT2D eigenvalue weighted by Crippen LogP contribution is 2.25. The van der Waals surface area contributed by atoms with E-state index in [1.807, 2.05) is 0 Å². The minimum atomic E-state index is 0.0318. The van der Waals surface area contributed by atoms with Crippen LogP contribution in [0.4, 0.5) is 5.69 Å². The standard InChI is InChI=1S/C18H19NO2/c1-21-15-7-8-17(19)16(11-15)18(20)10-12-5-6-13-3-2-4-14(13)9-12/h5-9,11H,2-4,10,19H2,1H3. The van der Waals surface area contributed by atoms with Crippen LogP contribution in [0.15, 0.2) is 36.4 Å². The Bertz CT molecular complexity index is 692. The van der Waals surface area contributed by atoms with Crippen LogP contribution in [-0.2, 0) is 19.3 Å². The van der Waals surface area contributed by atoms with Crippen molar-refractivity contribution in [2.24, 2.45) is 0 Å². The molecule has 3 nitrogen and oxygen atoms in total. The molecule has 0 saturated carbocycles. The fourth-order valence-electron chi connectivity index (χ4n) is 2.92. The van der Waals surface area contributed by atoms with Gasteiger partial charge in [-0.3, -0.25) is 4.79 Å². The number of benzene rings is 2. The van der Waals surface area contributed by atoms with Crippen LogP contribution in [0, 0.1) is 0 Å². The third kappa shape index (κ3) is 2.77. The van der Waals surface area contributed by atoms with E-state index in [4.69, 9.17) is 10.5 Å². The first-order chi connectivity index (χ1) is 10.2. The van der Waals surface area contributed by atoms with Crippen LogP contribution in [0.1, 0.15) is 33.5 Å². The van der Waals surface area contributed by atoms with Crippen molar-refractivity contribution in [2.45, 2.75) is 25.7 Å². The van der Waals surface area contributed by atoms with Crippen LogP contribution >= 0.6 is 0 Å². The average Bonchev–Trinajstić information content (AvgIpc) is 2.95. The molecule has 2 aromatic rings. The molecule has 0 aliphatic heterocycles. The number of Topliss-reactive ketones (excluding diaryl/α,β-unsaturated/α-hetero) is 1. The maximum Gasteiger partial charge on any atom is 0.169 e. The first kappa shape index (κ1) is 13.7. The van der Waals surface area contributed by atoms with Crippen molar-refractivity contribution in [3.8, 4) is 5.75 Å². The largest absolute Gasteiger partial charge is 0.497 e. The van der Waals surface area contributed by atoms with Crippen LogP contribution in [0.2, 0.25) is 0 Å². The summed E-state index contributed by atoms with van der Waals surface area (Å²) in [4.78, 5) is 12.5. The summed E-state index contributed by atoms with van der Waals surface area (Å²) in [6.45, 7) is 0. The molecule has 108 valence electrons. The van der Waals surface area contributed by atoms with E-state index in [2.05, 4.69) is 18.2 Å². The number of methoxy groups -OCH3 is 1. The zero-order valence-electron chi connectivity index (χ0n) is 12.2. The number of hydrogen-bond acceptors (Lipinski definition) is 3. The Morgan fingerprint density at radius 1 is 1.14 bits per heavy atom. The van der Waals surface area contributed by atoms with Gasteiger partial charge in [-0.2, -0.15) is 0 Å². The van der Waals surface area contributed by atoms with E-state index in [9.17, 15) is 4.79 Å². The fourth-order valence-corrected chi connectivity index (χ4v) is 2.92. The molecule has 21 heavy (non-hydrogen) atoms. The Morgan fingerprint density at radius 3 is 2.76 bits per heavy atom. The highest BCUT2D eigenvalue weighted by atomic mass is 16.5. The van der Waals surface area contributed by atoms with Gasteiger partial charge >= 0.3 is 0 Å². The van der Waals surface area contributed by atoms with Gasteiger partial charge in [0.15, 0.2) is 5.78 Å². The van der Waals surface area contributed by atoms with Gasteiger partial charge < -0.3 is 10.5 Å². The summed E-state index contributed by atoms with van der Waals surface area (Å²) in [7, 11) is 1.58. The van der Waals surface area contributed by atoms with E-state index < -0.39 is 0 Å². The van der Waals surface area contributed by atoms with Gasteiger partial charge in [0.05, 0.1) is 7.11 Å². The van der Waals surface area contributed by atoms with Crippen molar-refractivity contribution in [3.63, 3.8) is 0 Å².